The Morgan fingerprint density at radius 2 is 2.00 bits per heavy atom. The molecular formula is C6H14OS2. The minimum absolute atomic E-state index is 0.106. The highest BCUT2D eigenvalue weighted by molar-refractivity contribution is 7.84. The average Bonchev–Trinajstić information content (AvgIpc) is 1.86. The summed E-state index contributed by atoms with van der Waals surface area (Å²) in [6, 6.07) is 0. The fourth-order valence-electron chi connectivity index (χ4n) is 0.352. The van der Waals surface area contributed by atoms with Gasteiger partial charge in [-0.05, 0) is 0 Å². The normalized spacial score (nSPS) is 15.7. The summed E-state index contributed by atoms with van der Waals surface area (Å²) in [6.07, 6.45) is 0. The molecule has 3 heteroatoms. The van der Waals surface area contributed by atoms with Crippen LogP contribution in [0.5, 0.6) is 0 Å². The van der Waals surface area contributed by atoms with E-state index < -0.39 is 0 Å². The maximum atomic E-state index is 8.81. The third-order valence-electron chi connectivity index (χ3n) is 1.48. The van der Waals surface area contributed by atoms with E-state index in [1.165, 1.54) is 0 Å². The van der Waals surface area contributed by atoms with E-state index >= 15 is 0 Å². The molecule has 0 saturated carbocycles. The van der Waals surface area contributed by atoms with Crippen LogP contribution in [-0.4, -0.2) is 22.7 Å². The SMILES string of the molecule is CC(C)(CO)C(S)CS. The Morgan fingerprint density at radius 1 is 1.56 bits per heavy atom. The molecule has 1 N–H and O–H groups in total. The molecule has 0 amide bonds. The third kappa shape index (κ3) is 2.83. The van der Waals surface area contributed by atoms with Crippen molar-refractivity contribution in [3.63, 3.8) is 0 Å². The fraction of sp³-hybridized carbons (Fsp3) is 1.00. The summed E-state index contributed by atoms with van der Waals surface area (Å²) in [7, 11) is 0. The van der Waals surface area contributed by atoms with Crippen LogP contribution in [0.4, 0.5) is 0 Å². The number of aliphatic hydroxyl groups excluding tert-OH is 1. The first kappa shape index (κ1) is 9.66. The van der Waals surface area contributed by atoms with Crippen molar-refractivity contribution in [2.75, 3.05) is 12.4 Å². The van der Waals surface area contributed by atoms with Gasteiger partial charge in [-0.2, -0.15) is 25.3 Å². The lowest BCUT2D eigenvalue weighted by Crippen LogP contribution is -2.29. The van der Waals surface area contributed by atoms with Crippen LogP contribution in [0.1, 0.15) is 13.8 Å². The van der Waals surface area contributed by atoms with E-state index in [9.17, 15) is 0 Å². The molecule has 9 heavy (non-hydrogen) atoms. The summed E-state index contributed by atoms with van der Waals surface area (Å²) >= 11 is 8.33. The van der Waals surface area contributed by atoms with E-state index in [1.54, 1.807) is 0 Å². The van der Waals surface area contributed by atoms with Crippen molar-refractivity contribution in [3.05, 3.63) is 0 Å². The lowest BCUT2D eigenvalue weighted by atomic mass is 9.91. The second kappa shape index (κ2) is 3.74. The van der Waals surface area contributed by atoms with Crippen LogP contribution >= 0.6 is 25.3 Å². The molecule has 0 spiro atoms. The molecule has 0 aromatic heterocycles. The molecule has 1 atom stereocenters. The van der Waals surface area contributed by atoms with Crippen LogP contribution in [-0.2, 0) is 0 Å². The monoisotopic (exact) mass is 166 g/mol. The van der Waals surface area contributed by atoms with Gasteiger partial charge in [0.1, 0.15) is 0 Å². The maximum Gasteiger partial charge on any atom is 0.0492 e. The second-order valence-electron chi connectivity index (χ2n) is 2.85. The first-order valence-corrected chi connectivity index (χ1v) is 4.09. The first-order valence-electron chi connectivity index (χ1n) is 2.94. The molecule has 0 fully saturated rings. The van der Waals surface area contributed by atoms with E-state index in [4.69, 9.17) is 5.11 Å². The van der Waals surface area contributed by atoms with Crippen LogP contribution in [0.25, 0.3) is 0 Å². The predicted octanol–water partition coefficient (Wildman–Crippen LogP) is 1.23. The average molecular weight is 166 g/mol. The van der Waals surface area contributed by atoms with Crippen LogP contribution in [0, 0.1) is 5.41 Å². The second-order valence-corrected chi connectivity index (χ2v) is 3.83. The van der Waals surface area contributed by atoms with Crippen molar-refractivity contribution < 1.29 is 5.11 Å². The quantitative estimate of drug-likeness (QED) is 0.539. The molecule has 0 aliphatic carbocycles. The van der Waals surface area contributed by atoms with Gasteiger partial charge in [0.25, 0.3) is 0 Å². The zero-order chi connectivity index (χ0) is 7.49. The summed E-state index contributed by atoms with van der Waals surface area (Å²) in [5.74, 6) is 0.705. The lowest BCUT2D eigenvalue weighted by molar-refractivity contribution is 0.162. The summed E-state index contributed by atoms with van der Waals surface area (Å²) in [5.41, 5.74) is -0.106. The van der Waals surface area contributed by atoms with Gasteiger partial charge in [-0.3, -0.25) is 0 Å². The number of hydrogen-bond donors (Lipinski definition) is 3. The zero-order valence-electron chi connectivity index (χ0n) is 5.83. The van der Waals surface area contributed by atoms with Gasteiger partial charge in [0.15, 0.2) is 0 Å². The molecule has 0 radical (unpaired) electrons. The Labute approximate surface area is 67.7 Å². The first-order chi connectivity index (χ1) is 4.04. The van der Waals surface area contributed by atoms with Crippen LogP contribution < -0.4 is 0 Å². The molecule has 1 nitrogen and oxygen atoms in total. The Bertz CT molecular complexity index is 83.1. The van der Waals surface area contributed by atoms with Crippen LogP contribution in [0.3, 0.4) is 0 Å². The van der Waals surface area contributed by atoms with Crippen molar-refractivity contribution in [3.8, 4) is 0 Å². The minimum Gasteiger partial charge on any atom is -0.396 e. The number of rotatable bonds is 3. The molecule has 0 bridgehead atoms. The van der Waals surface area contributed by atoms with E-state index in [0.29, 0.717) is 5.75 Å². The molecule has 0 saturated heterocycles. The molecule has 0 aromatic carbocycles. The minimum atomic E-state index is -0.106. The van der Waals surface area contributed by atoms with Gasteiger partial charge in [0, 0.05) is 23.0 Å². The number of aliphatic hydroxyl groups is 1. The van der Waals surface area contributed by atoms with Crippen molar-refractivity contribution in [2.24, 2.45) is 5.41 Å². The summed E-state index contributed by atoms with van der Waals surface area (Å²) in [6.45, 7) is 4.11. The summed E-state index contributed by atoms with van der Waals surface area (Å²) < 4.78 is 0. The largest absolute Gasteiger partial charge is 0.396 e. The van der Waals surface area contributed by atoms with Gasteiger partial charge in [0.2, 0.25) is 0 Å². The molecule has 0 rings (SSSR count). The van der Waals surface area contributed by atoms with Gasteiger partial charge in [0.05, 0.1) is 0 Å². The zero-order valence-corrected chi connectivity index (χ0v) is 7.62. The number of thiol groups is 2. The Balaban J connectivity index is 3.80. The fourth-order valence-corrected chi connectivity index (χ4v) is 0.928. The van der Waals surface area contributed by atoms with E-state index in [1.807, 2.05) is 13.8 Å². The van der Waals surface area contributed by atoms with Gasteiger partial charge in [-0.15, -0.1) is 0 Å². The Kier molecular flexibility index (Phi) is 4.01. The van der Waals surface area contributed by atoms with Gasteiger partial charge in [-0.1, -0.05) is 13.8 Å². The third-order valence-corrected chi connectivity index (χ3v) is 3.02. The molecule has 0 aliphatic heterocycles. The van der Waals surface area contributed by atoms with E-state index in [0.717, 1.165) is 0 Å². The van der Waals surface area contributed by atoms with Crippen molar-refractivity contribution >= 4 is 25.3 Å². The Hall–Kier alpha value is 0.660. The van der Waals surface area contributed by atoms with Crippen molar-refractivity contribution in [1.82, 2.24) is 0 Å². The van der Waals surface area contributed by atoms with Gasteiger partial charge in [-0.25, -0.2) is 0 Å². The molecule has 0 aliphatic rings. The smallest absolute Gasteiger partial charge is 0.0492 e. The van der Waals surface area contributed by atoms with Gasteiger partial charge >= 0.3 is 0 Å². The predicted molar refractivity (Wildman–Crippen MR) is 47.5 cm³/mol. The topological polar surface area (TPSA) is 20.2 Å². The van der Waals surface area contributed by atoms with Crippen LogP contribution in [0.2, 0.25) is 0 Å². The highest BCUT2D eigenvalue weighted by atomic mass is 32.1. The summed E-state index contributed by atoms with van der Waals surface area (Å²) in [5, 5.41) is 8.98. The highest BCUT2D eigenvalue weighted by Crippen LogP contribution is 2.24. The van der Waals surface area contributed by atoms with Crippen LogP contribution in [0.15, 0.2) is 0 Å². The summed E-state index contributed by atoms with van der Waals surface area (Å²) in [4.78, 5) is 0. The maximum absolute atomic E-state index is 8.81. The molecule has 0 heterocycles. The molecule has 56 valence electrons. The standard InChI is InChI=1S/C6H14OS2/c1-6(2,4-7)5(9)3-8/h5,7-9H,3-4H2,1-2H3. The van der Waals surface area contributed by atoms with E-state index in [-0.39, 0.29) is 17.3 Å². The highest BCUT2D eigenvalue weighted by Gasteiger charge is 2.24. The van der Waals surface area contributed by atoms with Crippen molar-refractivity contribution in [2.45, 2.75) is 19.1 Å². The molecular weight excluding hydrogens is 152 g/mol. The number of hydrogen-bond acceptors (Lipinski definition) is 3. The lowest BCUT2D eigenvalue weighted by Gasteiger charge is -2.27. The van der Waals surface area contributed by atoms with E-state index in [2.05, 4.69) is 25.3 Å². The molecule has 1 unspecified atom stereocenters. The van der Waals surface area contributed by atoms with Crippen molar-refractivity contribution in [1.29, 1.82) is 0 Å². The van der Waals surface area contributed by atoms with Gasteiger partial charge < -0.3 is 5.11 Å². The molecule has 0 aromatic rings. The Morgan fingerprint density at radius 3 is 2.11 bits per heavy atom.